The van der Waals surface area contributed by atoms with Crippen molar-refractivity contribution in [1.29, 1.82) is 0 Å². The van der Waals surface area contributed by atoms with Gasteiger partial charge >= 0.3 is 17.9 Å². The van der Waals surface area contributed by atoms with Gasteiger partial charge in [0, 0.05) is 18.9 Å². The average Bonchev–Trinajstić information content (AvgIpc) is 2.58. The molecule has 0 N–H and O–H groups in total. The second-order valence-electron chi connectivity index (χ2n) is 6.83. The minimum atomic E-state index is -0.809. The molecule has 1 atom stereocenters. The first kappa shape index (κ1) is 24.1. The molecule has 0 radical (unpaired) electrons. The number of carbonyl (C=O) groups excluding carboxylic acids is 3. The molecule has 1 unspecified atom stereocenters. The van der Waals surface area contributed by atoms with Crippen molar-refractivity contribution in [3.05, 3.63) is 11.6 Å². The second-order valence-corrected chi connectivity index (χ2v) is 6.83. The predicted molar refractivity (Wildman–Crippen MR) is 99.4 cm³/mol. The van der Waals surface area contributed by atoms with E-state index in [0.29, 0.717) is 17.9 Å². The van der Waals surface area contributed by atoms with Crippen molar-refractivity contribution in [1.82, 2.24) is 0 Å². The van der Waals surface area contributed by atoms with Crippen LogP contribution in [0.15, 0.2) is 11.6 Å². The van der Waals surface area contributed by atoms with Gasteiger partial charge in [-0.05, 0) is 26.2 Å². The summed E-state index contributed by atoms with van der Waals surface area (Å²) in [6.07, 6.45) is 6.42. The van der Waals surface area contributed by atoms with E-state index in [1.807, 2.05) is 0 Å². The van der Waals surface area contributed by atoms with Gasteiger partial charge < -0.3 is 14.2 Å². The molecule has 6 nitrogen and oxygen atoms in total. The van der Waals surface area contributed by atoms with Gasteiger partial charge in [-0.25, -0.2) is 4.79 Å². The molecule has 0 aliphatic carbocycles. The molecule has 6 heteroatoms. The molecule has 0 bridgehead atoms. The van der Waals surface area contributed by atoms with Crippen molar-refractivity contribution in [2.24, 2.45) is 5.92 Å². The highest BCUT2D eigenvalue weighted by atomic mass is 16.6. The summed E-state index contributed by atoms with van der Waals surface area (Å²) in [4.78, 5) is 34.6. The van der Waals surface area contributed by atoms with Crippen LogP contribution >= 0.6 is 0 Å². The van der Waals surface area contributed by atoms with Crippen LogP contribution in [0.25, 0.3) is 0 Å². The Morgan fingerprint density at radius 2 is 1.54 bits per heavy atom. The van der Waals surface area contributed by atoms with Crippen LogP contribution in [-0.2, 0) is 28.6 Å². The number of ether oxygens (including phenoxy) is 3. The van der Waals surface area contributed by atoms with Crippen LogP contribution in [0.3, 0.4) is 0 Å². The maximum absolute atomic E-state index is 11.8. The van der Waals surface area contributed by atoms with Crippen LogP contribution in [-0.4, -0.2) is 37.2 Å². The topological polar surface area (TPSA) is 78.9 Å². The van der Waals surface area contributed by atoms with E-state index in [0.717, 1.165) is 19.3 Å². The number of carbonyl (C=O) groups is 3. The highest BCUT2D eigenvalue weighted by Gasteiger charge is 2.19. The minimum Gasteiger partial charge on any atom is -0.462 e. The Bertz CT molecular complexity index is 467. The van der Waals surface area contributed by atoms with Gasteiger partial charge in [-0.15, -0.1) is 0 Å². The van der Waals surface area contributed by atoms with Crippen LogP contribution in [0.2, 0.25) is 0 Å². The molecule has 0 aromatic carbocycles. The van der Waals surface area contributed by atoms with E-state index in [9.17, 15) is 14.4 Å². The van der Waals surface area contributed by atoms with Crippen molar-refractivity contribution < 1.29 is 28.6 Å². The number of rotatable bonds is 13. The van der Waals surface area contributed by atoms with Gasteiger partial charge in [-0.2, -0.15) is 0 Å². The summed E-state index contributed by atoms with van der Waals surface area (Å²) < 4.78 is 15.3. The predicted octanol–water partition coefficient (Wildman–Crippen LogP) is 3.97. The highest BCUT2D eigenvalue weighted by molar-refractivity contribution is 5.87. The number of hydrogen-bond donors (Lipinski definition) is 0. The van der Waals surface area contributed by atoms with Crippen molar-refractivity contribution in [3.8, 4) is 0 Å². The van der Waals surface area contributed by atoms with Crippen molar-refractivity contribution in [3.63, 3.8) is 0 Å². The van der Waals surface area contributed by atoms with Gasteiger partial charge in [0.15, 0.2) is 6.10 Å². The molecule has 0 spiro atoms. The lowest BCUT2D eigenvalue weighted by atomic mass is 10.0. The van der Waals surface area contributed by atoms with E-state index in [1.165, 1.54) is 19.8 Å². The van der Waals surface area contributed by atoms with Gasteiger partial charge in [-0.3, -0.25) is 9.59 Å². The Hall–Kier alpha value is -1.85. The monoisotopic (exact) mass is 370 g/mol. The Labute approximate surface area is 157 Å². The standard InChI is InChI=1S/C20H34O6/c1-6-16(4)20(23)26-18(13-24-17(5)21)14-25-19(22)12-10-8-7-9-11-15(2)3/h6,15,18H,7-14H2,1-5H3. The van der Waals surface area contributed by atoms with Gasteiger partial charge in [0.05, 0.1) is 0 Å². The van der Waals surface area contributed by atoms with E-state index < -0.39 is 18.0 Å². The lowest BCUT2D eigenvalue weighted by molar-refractivity contribution is -0.163. The summed E-state index contributed by atoms with van der Waals surface area (Å²) in [5.41, 5.74) is 0.436. The lowest BCUT2D eigenvalue weighted by Gasteiger charge is -2.18. The van der Waals surface area contributed by atoms with Crippen molar-refractivity contribution >= 4 is 17.9 Å². The van der Waals surface area contributed by atoms with Gasteiger partial charge in [0.2, 0.25) is 0 Å². The van der Waals surface area contributed by atoms with Crippen LogP contribution in [0.4, 0.5) is 0 Å². The molecular formula is C20H34O6. The molecule has 150 valence electrons. The SMILES string of the molecule is CC=C(C)C(=O)OC(COC(C)=O)COC(=O)CCCCCCC(C)C. The third-order valence-electron chi connectivity index (χ3n) is 3.84. The summed E-state index contributed by atoms with van der Waals surface area (Å²) in [7, 11) is 0. The lowest BCUT2D eigenvalue weighted by Crippen LogP contribution is -2.30. The first-order valence-electron chi connectivity index (χ1n) is 9.39. The summed E-state index contributed by atoms with van der Waals surface area (Å²) in [5.74, 6) is -0.629. The summed E-state index contributed by atoms with van der Waals surface area (Å²) >= 11 is 0. The van der Waals surface area contributed by atoms with Crippen molar-refractivity contribution in [2.45, 2.75) is 79.2 Å². The van der Waals surface area contributed by atoms with E-state index in [-0.39, 0.29) is 19.2 Å². The smallest absolute Gasteiger partial charge is 0.333 e. The summed E-state index contributed by atoms with van der Waals surface area (Å²) in [6, 6.07) is 0. The number of esters is 3. The first-order chi connectivity index (χ1) is 12.3. The zero-order valence-electron chi connectivity index (χ0n) is 16.8. The fourth-order valence-electron chi connectivity index (χ4n) is 2.12. The molecule has 26 heavy (non-hydrogen) atoms. The van der Waals surface area contributed by atoms with Crippen LogP contribution in [0.5, 0.6) is 0 Å². The fraction of sp³-hybridized carbons (Fsp3) is 0.750. The van der Waals surface area contributed by atoms with E-state index in [1.54, 1.807) is 19.9 Å². The summed E-state index contributed by atoms with van der Waals surface area (Å²) in [6.45, 7) is 8.75. The molecule has 0 aliphatic rings. The average molecular weight is 370 g/mol. The van der Waals surface area contributed by atoms with E-state index in [2.05, 4.69) is 13.8 Å². The normalized spacial score (nSPS) is 12.6. The third kappa shape index (κ3) is 13.4. The zero-order valence-corrected chi connectivity index (χ0v) is 16.8. The van der Waals surface area contributed by atoms with Gasteiger partial charge in [0.1, 0.15) is 13.2 Å². The number of allylic oxidation sites excluding steroid dienone is 1. The molecular weight excluding hydrogens is 336 g/mol. The summed E-state index contributed by atoms with van der Waals surface area (Å²) in [5, 5.41) is 0. The molecule has 0 saturated heterocycles. The largest absolute Gasteiger partial charge is 0.462 e. The molecule has 0 aromatic heterocycles. The Balaban J connectivity index is 4.17. The molecule has 0 fully saturated rings. The van der Waals surface area contributed by atoms with Crippen molar-refractivity contribution in [2.75, 3.05) is 13.2 Å². The van der Waals surface area contributed by atoms with Gasteiger partial charge in [-0.1, -0.05) is 45.6 Å². The molecule has 0 aromatic rings. The minimum absolute atomic E-state index is 0.123. The highest BCUT2D eigenvalue weighted by Crippen LogP contribution is 2.11. The third-order valence-corrected chi connectivity index (χ3v) is 3.84. The second kappa shape index (κ2) is 14.3. The molecule has 0 rings (SSSR count). The number of hydrogen-bond acceptors (Lipinski definition) is 6. The Kier molecular flexibility index (Phi) is 13.3. The zero-order chi connectivity index (χ0) is 19.9. The maximum Gasteiger partial charge on any atom is 0.333 e. The molecule has 0 amide bonds. The van der Waals surface area contributed by atoms with Crippen LogP contribution in [0, 0.1) is 5.92 Å². The molecule has 0 saturated carbocycles. The van der Waals surface area contributed by atoms with Crippen LogP contribution < -0.4 is 0 Å². The maximum atomic E-state index is 11.8. The molecule has 0 aliphatic heterocycles. The Morgan fingerprint density at radius 1 is 0.923 bits per heavy atom. The molecule has 0 heterocycles. The van der Waals surface area contributed by atoms with Gasteiger partial charge in [0.25, 0.3) is 0 Å². The fourth-order valence-corrected chi connectivity index (χ4v) is 2.12. The van der Waals surface area contributed by atoms with E-state index in [4.69, 9.17) is 14.2 Å². The first-order valence-corrected chi connectivity index (χ1v) is 9.39. The van der Waals surface area contributed by atoms with E-state index >= 15 is 0 Å². The van der Waals surface area contributed by atoms with Crippen LogP contribution in [0.1, 0.15) is 73.1 Å². The number of unbranched alkanes of at least 4 members (excludes halogenated alkanes) is 3. The Morgan fingerprint density at radius 3 is 2.12 bits per heavy atom. The quantitative estimate of drug-likeness (QED) is 0.211.